The van der Waals surface area contributed by atoms with E-state index in [1.54, 1.807) is 13.0 Å². The van der Waals surface area contributed by atoms with E-state index in [9.17, 15) is 24.1 Å². The molecule has 3 rings (SSSR count). The quantitative estimate of drug-likeness (QED) is 0.467. The summed E-state index contributed by atoms with van der Waals surface area (Å²) in [4.78, 5) is 34.8. The molecule has 0 saturated heterocycles. The number of rotatable bonds is 5. The van der Waals surface area contributed by atoms with Gasteiger partial charge in [0.2, 0.25) is 0 Å². The molecule has 0 aliphatic carbocycles. The highest BCUT2D eigenvalue weighted by Crippen LogP contribution is 2.26. The third-order valence-corrected chi connectivity index (χ3v) is 4.65. The Balaban J connectivity index is 1.87. The Labute approximate surface area is 168 Å². The molecule has 10 heteroatoms. The van der Waals surface area contributed by atoms with Crippen LogP contribution in [0, 0.1) is 22.9 Å². The van der Waals surface area contributed by atoms with Crippen LogP contribution in [0.5, 0.6) is 5.75 Å². The molecule has 1 aromatic heterocycles. The standard InChI is InChI=1S/C19H15ClFN3O5/c1-11-7-18(25)23(19(26)22(11)2)16-6-4-13(9-15(16)21)29-10-12-3-5-14(20)17(8-12)24(27)28/h3-9H,10H2,1-2H3. The third-order valence-electron chi connectivity index (χ3n) is 4.33. The summed E-state index contributed by atoms with van der Waals surface area (Å²) >= 11 is 5.76. The molecule has 0 amide bonds. The number of nitro benzene ring substituents is 1. The van der Waals surface area contributed by atoms with E-state index in [-0.39, 0.29) is 28.8 Å². The van der Waals surface area contributed by atoms with Crippen molar-refractivity contribution in [1.82, 2.24) is 9.13 Å². The summed E-state index contributed by atoms with van der Waals surface area (Å²) in [5.74, 6) is -0.700. The highest BCUT2D eigenvalue weighted by atomic mass is 35.5. The van der Waals surface area contributed by atoms with Gasteiger partial charge >= 0.3 is 5.69 Å². The zero-order chi connectivity index (χ0) is 21.3. The zero-order valence-corrected chi connectivity index (χ0v) is 16.1. The normalized spacial score (nSPS) is 10.8. The molecular formula is C19H15ClFN3O5. The van der Waals surface area contributed by atoms with Crippen LogP contribution in [0.4, 0.5) is 10.1 Å². The monoisotopic (exact) mass is 419 g/mol. The molecule has 150 valence electrons. The van der Waals surface area contributed by atoms with Gasteiger partial charge in [0, 0.05) is 30.9 Å². The fourth-order valence-electron chi connectivity index (χ4n) is 2.67. The smallest absolute Gasteiger partial charge is 0.335 e. The molecule has 29 heavy (non-hydrogen) atoms. The first-order valence-electron chi connectivity index (χ1n) is 8.34. The van der Waals surface area contributed by atoms with Gasteiger partial charge in [-0.1, -0.05) is 17.7 Å². The Hall–Kier alpha value is -3.46. The third kappa shape index (κ3) is 4.04. The minimum Gasteiger partial charge on any atom is -0.489 e. The Kier molecular flexibility index (Phi) is 5.51. The average molecular weight is 420 g/mol. The van der Waals surface area contributed by atoms with E-state index < -0.39 is 22.0 Å². The lowest BCUT2D eigenvalue weighted by atomic mass is 10.2. The summed E-state index contributed by atoms with van der Waals surface area (Å²) in [6.45, 7) is 1.53. The lowest BCUT2D eigenvalue weighted by Crippen LogP contribution is -2.38. The molecule has 0 atom stereocenters. The minimum absolute atomic E-state index is 0.000678. The topological polar surface area (TPSA) is 96.4 Å². The molecule has 8 nitrogen and oxygen atoms in total. The van der Waals surface area contributed by atoms with Crippen molar-refractivity contribution >= 4 is 17.3 Å². The molecule has 2 aromatic carbocycles. The van der Waals surface area contributed by atoms with Crippen molar-refractivity contribution in [3.63, 3.8) is 0 Å². The average Bonchev–Trinajstić information content (AvgIpc) is 2.67. The predicted octanol–water partition coefficient (Wildman–Crippen LogP) is 3.12. The molecule has 0 N–H and O–H groups in total. The van der Waals surface area contributed by atoms with Crippen molar-refractivity contribution in [2.75, 3.05) is 0 Å². The van der Waals surface area contributed by atoms with Gasteiger partial charge in [0.15, 0.2) is 5.82 Å². The van der Waals surface area contributed by atoms with Crippen LogP contribution in [0.3, 0.4) is 0 Å². The molecule has 0 unspecified atom stereocenters. The van der Waals surface area contributed by atoms with Gasteiger partial charge in [0.1, 0.15) is 17.4 Å². The summed E-state index contributed by atoms with van der Waals surface area (Å²) in [5, 5.41) is 10.9. The maximum atomic E-state index is 14.6. The fraction of sp³-hybridized carbons (Fsp3) is 0.158. The van der Waals surface area contributed by atoms with Gasteiger partial charge in [0.25, 0.3) is 11.2 Å². The van der Waals surface area contributed by atoms with Crippen LogP contribution in [0.1, 0.15) is 11.3 Å². The first-order valence-corrected chi connectivity index (χ1v) is 8.72. The number of halogens is 2. The van der Waals surface area contributed by atoms with Gasteiger partial charge in [-0.3, -0.25) is 14.9 Å². The number of benzene rings is 2. The number of nitrogens with zero attached hydrogens (tertiary/aromatic N) is 3. The van der Waals surface area contributed by atoms with Gasteiger partial charge in [0.05, 0.1) is 10.6 Å². The van der Waals surface area contributed by atoms with Crippen LogP contribution >= 0.6 is 11.6 Å². The fourth-order valence-corrected chi connectivity index (χ4v) is 2.86. The second-order valence-electron chi connectivity index (χ2n) is 6.25. The summed E-state index contributed by atoms with van der Waals surface area (Å²) in [6, 6.07) is 9.12. The van der Waals surface area contributed by atoms with Crippen LogP contribution in [0.25, 0.3) is 5.69 Å². The van der Waals surface area contributed by atoms with E-state index >= 15 is 0 Å². The lowest BCUT2D eigenvalue weighted by Gasteiger charge is -2.12. The van der Waals surface area contributed by atoms with E-state index in [1.807, 2.05) is 0 Å². The highest BCUT2D eigenvalue weighted by molar-refractivity contribution is 6.32. The van der Waals surface area contributed by atoms with E-state index in [4.69, 9.17) is 16.3 Å². The molecule has 0 saturated carbocycles. The van der Waals surface area contributed by atoms with Crippen molar-refractivity contribution in [3.8, 4) is 11.4 Å². The van der Waals surface area contributed by atoms with Gasteiger partial charge in [-0.25, -0.2) is 13.8 Å². The second-order valence-corrected chi connectivity index (χ2v) is 6.65. The Morgan fingerprint density at radius 3 is 2.55 bits per heavy atom. The number of hydrogen-bond donors (Lipinski definition) is 0. The minimum atomic E-state index is -0.826. The maximum absolute atomic E-state index is 14.6. The van der Waals surface area contributed by atoms with E-state index in [2.05, 4.69) is 0 Å². The van der Waals surface area contributed by atoms with Crippen LogP contribution in [0.2, 0.25) is 5.02 Å². The van der Waals surface area contributed by atoms with Crippen molar-refractivity contribution in [1.29, 1.82) is 0 Å². The Bertz CT molecular complexity index is 1240. The van der Waals surface area contributed by atoms with Crippen LogP contribution in [-0.2, 0) is 13.7 Å². The number of nitro groups is 1. The molecular weight excluding hydrogens is 405 g/mol. The number of aryl methyl sites for hydroxylation is 1. The first kappa shape index (κ1) is 20.3. The van der Waals surface area contributed by atoms with Crippen molar-refractivity contribution in [3.05, 3.63) is 95.5 Å². The summed E-state index contributed by atoms with van der Waals surface area (Å²) in [5.41, 5.74) is -0.862. The molecule has 3 aromatic rings. The lowest BCUT2D eigenvalue weighted by molar-refractivity contribution is -0.384. The molecule has 0 aliphatic rings. The molecule has 0 spiro atoms. The maximum Gasteiger partial charge on any atom is 0.335 e. The number of hydrogen-bond acceptors (Lipinski definition) is 5. The van der Waals surface area contributed by atoms with Gasteiger partial charge in [-0.15, -0.1) is 0 Å². The number of ether oxygens (including phenoxy) is 1. The van der Waals surface area contributed by atoms with Gasteiger partial charge < -0.3 is 9.30 Å². The molecule has 0 radical (unpaired) electrons. The van der Waals surface area contributed by atoms with Gasteiger partial charge in [-0.2, -0.15) is 0 Å². The predicted molar refractivity (Wildman–Crippen MR) is 104 cm³/mol. The Morgan fingerprint density at radius 2 is 1.90 bits per heavy atom. The second kappa shape index (κ2) is 7.88. The van der Waals surface area contributed by atoms with E-state index in [0.717, 1.165) is 10.6 Å². The summed E-state index contributed by atoms with van der Waals surface area (Å²) < 4.78 is 22.0. The summed E-state index contributed by atoms with van der Waals surface area (Å²) in [7, 11) is 1.48. The van der Waals surface area contributed by atoms with Crippen molar-refractivity contribution in [2.45, 2.75) is 13.5 Å². The molecule has 0 bridgehead atoms. The molecule has 1 heterocycles. The van der Waals surface area contributed by atoms with Crippen molar-refractivity contribution < 1.29 is 14.1 Å². The van der Waals surface area contributed by atoms with E-state index in [1.165, 1.54) is 41.9 Å². The first-order chi connectivity index (χ1) is 13.7. The van der Waals surface area contributed by atoms with Gasteiger partial charge in [-0.05, 0) is 30.7 Å². The number of aromatic nitrogens is 2. The largest absolute Gasteiger partial charge is 0.489 e. The van der Waals surface area contributed by atoms with Crippen LogP contribution in [0.15, 0.2) is 52.1 Å². The zero-order valence-electron chi connectivity index (χ0n) is 15.4. The van der Waals surface area contributed by atoms with E-state index in [0.29, 0.717) is 11.3 Å². The molecule has 0 aliphatic heterocycles. The van der Waals surface area contributed by atoms with Crippen LogP contribution < -0.4 is 16.0 Å². The highest BCUT2D eigenvalue weighted by Gasteiger charge is 2.15. The van der Waals surface area contributed by atoms with Crippen LogP contribution in [-0.4, -0.2) is 14.1 Å². The SMILES string of the molecule is Cc1cc(=O)n(-c2ccc(OCc3ccc(Cl)c([N+](=O)[O-])c3)cc2F)c(=O)n1C. The molecule has 0 fully saturated rings. The Morgan fingerprint density at radius 1 is 1.17 bits per heavy atom. The summed E-state index contributed by atoms with van der Waals surface area (Å²) in [6.07, 6.45) is 0. The van der Waals surface area contributed by atoms with Crippen molar-refractivity contribution in [2.24, 2.45) is 7.05 Å².